The van der Waals surface area contributed by atoms with Gasteiger partial charge in [0.25, 0.3) is 10.1 Å². The Labute approximate surface area is 256 Å². The fourth-order valence-corrected chi connectivity index (χ4v) is 6.86. The molecule has 0 amide bonds. The zero-order chi connectivity index (χ0) is 30.1. The quantitative estimate of drug-likeness (QED) is 0.219. The molecule has 2 fully saturated rings. The normalized spacial score (nSPS) is 19.2. The van der Waals surface area contributed by atoms with E-state index >= 15 is 0 Å². The second-order valence-electron chi connectivity index (χ2n) is 11.3. The van der Waals surface area contributed by atoms with E-state index in [9.17, 15) is 8.42 Å². The van der Waals surface area contributed by atoms with Gasteiger partial charge in [0.2, 0.25) is 0 Å². The van der Waals surface area contributed by atoms with Crippen LogP contribution in [-0.4, -0.2) is 56.8 Å². The Bertz CT molecular complexity index is 1480. The van der Waals surface area contributed by atoms with Crippen LogP contribution in [0.15, 0.2) is 121 Å². The molecular formula is C36H39N3O3S. The Balaban J connectivity index is 0.000000173. The van der Waals surface area contributed by atoms with E-state index in [0.29, 0.717) is 6.54 Å². The number of nitrogens with zero attached hydrogens (tertiary/aromatic N) is 3. The van der Waals surface area contributed by atoms with Crippen molar-refractivity contribution < 1.29 is 12.6 Å². The lowest BCUT2D eigenvalue weighted by molar-refractivity contribution is 0.195. The summed E-state index contributed by atoms with van der Waals surface area (Å²) in [7, 11) is -3.41. The maximum atomic E-state index is 11.4. The highest BCUT2D eigenvalue weighted by Gasteiger charge is 2.32. The molecule has 0 radical (unpaired) electrons. The Kier molecular flexibility index (Phi) is 10.4. The molecule has 2 aliphatic heterocycles. The van der Waals surface area contributed by atoms with E-state index in [1.807, 2.05) is 48.5 Å². The Hall–Kier alpha value is -3.80. The highest BCUT2D eigenvalue weighted by atomic mass is 32.2. The van der Waals surface area contributed by atoms with Gasteiger partial charge in [0.15, 0.2) is 0 Å². The van der Waals surface area contributed by atoms with Crippen molar-refractivity contribution in [3.63, 3.8) is 0 Å². The molecule has 0 aliphatic carbocycles. The first-order valence-corrected chi connectivity index (χ1v) is 16.7. The number of likely N-dealkylation sites (tertiary alicyclic amines) is 2. The van der Waals surface area contributed by atoms with E-state index in [-0.39, 0.29) is 24.1 Å². The second kappa shape index (κ2) is 14.6. The molecule has 6 rings (SSSR count). The number of rotatable bonds is 8. The predicted octanol–water partition coefficient (Wildman–Crippen LogP) is 6.45. The van der Waals surface area contributed by atoms with Crippen LogP contribution in [0.3, 0.4) is 0 Å². The molecule has 0 N–H and O–H groups in total. The molecule has 2 saturated heterocycles. The van der Waals surface area contributed by atoms with Crippen molar-refractivity contribution in [1.29, 1.82) is 5.26 Å². The first-order valence-electron chi connectivity index (χ1n) is 14.9. The largest absolute Gasteiger partial charge is 0.291 e. The van der Waals surface area contributed by atoms with Gasteiger partial charge in [-0.3, -0.25) is 14.0 Å². The fraction of sp³-hybridized carbons (Fsp3) is 0.306. The van der Waals surface area contributed by atoms with E-state index in [1.165, 1.54) is 22.3 Å². The molecule has 2 atom stereocenters. The highest BCUT2D eigenvalue weighted by molar-refractivity contribution is 7.86. The maximum Gasteiger partial charge on any atom is 0.264 e. The van der Waals surface area contributed by atoms with Gasteiger partial charge < -0.3 is 0 Å². The Morgan fingerprint density at radius 1 is 0.651 bits per heavy atom. The van der Waals surface area contributed by atoms with Crippen molar-refractivity contribution in [2.24, 2.45) is 5.92 Å². The maximum absolute atomic E-state index is 11.4. The van der Waals surface area contributed by atoms with Crippen molar-refractivity contribution in [3.05, 3.63) is 144 Å². The average molecular weight is 594 g/mol. The summed E-state index contributed by atoms with van der Waals surface area (Å²) in [4.78, 5) is 4.72. The number of benzene rings is 4. The van der Waals surface area contributed by atoms with E-state index < -0.39 is 10.1 Å². The minimum absolute atomic E-state index is 0.116. The molecule has 0 spiro atoms. The van der Waals surface area contributed by atoms with Gasteiger partial charge in [-0.15, -0.1) is 0 Å². The van der Waals surface area contributed by atoms with Gasteiger partial charge in [0.05, 0.1) is 36.4 Å². The summed E-state index contributed by atoms with van der Waals surface area (Å²) < 4.78 is 27.9. The van der Waals surface area contributed by atoms with Crippen LogP contribution >= 0.6 is 0 Å². The van der Waals surface area contributed by atoms with Gasteiger partial charge in [-0.25, -0.2) is 0 Å². The lowest BCUT2D eigenvalue weighted by Gasteiger charge is -2.28. The molecule has 4 aromatic rings. The molecule has 0 bridgehead atoms. The summed E-state index contributed by atoms with van der Waals surface area (Å²) >= 11 is 0. The summed E-state index contributed by atoms with van der Waals surface area (Å²) in [5, 5.41) is 9.13. The summed E-state index contributed by atoms with van der Waals surface area (Å²) in [6.45, 7) is 3.29. The monoisotopic (exact) mass is 593 g/mol. The van der Waals surface area contributed by atoms with Crippen molar-refractivity contribution in [1.82, 2.24) is 9.80 Å². The molecule has 2 aliphatic rings. The molecule has 2 heterocycles. The average Bonchev–Trinajstić information content (AvgIpc) is 3.69. The third-order valence-electron chi connectivity index (χ3n) is 8.08. The highest BCUT2D eigenvalue weighted by Crippen LogP contribution is 2.34. The zero-order valence-corrected chi connectivity index (χ0v) is 25.4. The van der Waals surface area contributed by atoms with Crippen LogP contribution in [0.2, 0.25) is 0 Å². The van der Waals surface area contributed by atoms with Crippen molar-refractivity contribution >= 4 is 10.1 Å². The third kappa shape index (κ3) is 8.40. The lowest BCUT2D eigenvalue weighted by Crippen LogP contribution is -2.29. The van der Waals surface area contributed by atoms with Gasteiger partial charge in [0, 0.05) is 26.2 Å². The third-order valence-corrected chi connectivity index (χ3v) is 8.70. The first-order chi connectivity index (χ1) is 20.9. The molecule has 6 nitrogen and oxygen atoms in total. The number of hydrogen-bond acceptors (Lipinski definition) is 6. The fourth-order valence-electron chi connectivity index (χ4n) is 6.21. The van der Waals surface area contributed by atoms with Crippen LogP contribution in [-0.2, 0) is 14.3 Å². The summed E-state index contributed by atoms with van der Waals surface area (Å²) in [6.07, 6.45) is 2.55. The van der Waals surface area contributed by atoms with Crippen LogP contribution in [0.25, 0.3) is 0 Å². The summed E-state index contributed by atoms with van der Waals surface area (Å²) in [5.74, 6) is 0.171. The van der Waals surface area contributed by atoms with Crippen LogP contribution < -0.4 is 0 Å². The lowest BCUT2D eigenvalue weighted by atomic mass is 9.97. The van der Waals surface area contributed by atoms with Crippen LogP contribution in [0.1, 0.15) is 47.2 Å². The number of hydrogen-bond donors (Lipinski definition) is 0. The molecule has 0 aromatic heterocycles. The predicted molar refractivity (Wildman–Crippen MR) is 171 cm³/mol. The summed E-state index contributed by atoms with van der Waals surface area (Å²) in [6, 6.07) is 44.5. The van der Waals surface area contributed by atoms with E-state index in [2.05, 4.69) is 88.7 Å². The van der Waals surface area contributed by atoms with Crippen LogP contribution in [0.5, 0.6) is 0 Å². The van der Waals surface area contributed by atoms with Crippen molar-refractivity contribution in [2.45, 2.75) is 31.0 Å². The number of nitriles is 1. The van der Waals surface area contributed by atoms with Gasteiger partial charge in [-0.1, -0.05) is 121 Å². The smallest absolute Gasteiger partial charge is 0.264 e. The summed E-state index contributed by atoms with van der Waals surface area (Å²) in [5.41, 5.74) is 5.02. The van der Waals surface area contributed by atoms with Crippen LogP contribution in [0, 0.1) is 17.2 Å². The van der Waals surface area contributed by atoms with Crippen molar-refractivity contribution in [2.75, 3.05) is 32.4 Å². The van der Waals surface area contributed by atoms with Crippen molar-refractivity contribution in [3.8, 4) is 6.07 Å². The van der Waals surface area contributed by atoms with Crippen LogP contribution in [0.4, 0.5) is 0 Å². The minimum atomic E-state index is -3.41. The Morgan fingerprint density at radius 3 is 1.37 bits per heavy atom. The molecule has 43 heavy (non-hydrogen) atoms. The topological polar surface area (TPSA) is 73.6 Å². The Morgan fingerprint density at radius 2 is 1.02 bits per heavy atom. The van der Waals surface area contributed by atoms with E-state index in [0.717, 1.165) is 38.7 Å². The van der Waals surface area contributed by atoms with Gasteiger partial charge in [-0.05, 0) is 35.1 Å². The standard InChI is InChI=1S/C18H18N2.C18H21NO3S/c19-13-15-11-12-20(14-15)18(16-7-3-1-4-8-16)17-9-5-2-6-10-17;1-23(20,21)22-17-12-13-19(14-17)18(15-8-4-2-5-9-15)16-10-6-3-7-11-16/h1-10,15,18H,11-12,14H2;2-11,17-18H,12-14H2,1H3/t15-;17-/m00/s1. The second-order valence-corrected chi connectivity index (χ2v) is 12.9. The molecule has 0 unspecified atom stereocenters. The molecule has 222 valence electrons. The molecule has 4 aromatic carbocycles. The molecule has 0 saturated carbocycles. The van der Waals surface area contributed by atoms with E-state index in [1.54, 1.807) is 0 Å². The molecular weight excluding hydrogens is 554 g/mol. The first kappa shape index (κ1) is 30.7. The van der Waals surface area contributed by atoms with Gasteiger partial charge in [0.1, 0.15) is 0 Å². The van der Waals surface area contributed by atoms with Gasteiger partial charge >= 0.3 is 0 Å². The zero-order valence-electron chi connectivity index (χ0n) is 24.6. The minimum Gasteiger partial charge on any atom is -0.291 e. The SMILES string of the molecule is CS(=O)(=O)O[C@H]1CCN(C(c2ccccc2)c2ccccc2)C1.N#C[C@@H]1CCN(C(c2ccccc2)c2ccccc2)C1. The van der Waals surface area contributed by atoms with Gasteiger partial charge in [-0.2, -0.15) is 13.7 Å². The van der Waals surface area contributed by atoms with E-state index in [4.69, 9.17) is 9.44 Å². The molecule has 7 heteroatoms.